The number of ether oxygens (including phenoxy) is 1. The first-order valence-corrected chi connectivity index (χ1v) is 22.0. The summed E-state index contributed by atoms with van der Waals surface area (Å²) in [5, 5.41) is 5.05. The highest BCUT2D eigenvalue weighted by Crippen LogP contribution is 2.48. The highest BCUT2D eigenvalue weighted by molar-refractivity contribution is 8.03. The molecule has 15 heteroatoms. The Labute approximate surface area is 302 Å². The molecular weight excluding hydrogens is 723 g/mol. The fourth-order valence-corrected chi connectivity index (χ4v) is 9.67. The van der Waals surface area contributed by atoms with E-state index in [0.29, 0.717) is 18.8 Å². The van der Waals surface area contributed by atoms with E-state index in [1.165, 1.54) is 19.6 Å². The Bertz CT molecular complexity index is 2010. The van der Waals surface area contributed by atoms with Crippen LogP contribution in [0.3, 0.4) is 0 Å². The van der Waals surface area contributed by atoms with Crippen LogP contribution in [0.25, 0.3) is 26.4 Å². The van der Waals surface area contributed by atoms with Crippen molar-refractivity contribution in [2.24, 2.45) is 0 Å². The molecule has 1 aliphatic rings. The topological polar surface area (TPSA) is 128 Å². The molecule has 0 saturated carbocycles. The van der Waals surface area contributed by atoms with Crippen molar-refractivity contribution in [2.45, 2.75) is 58.4 Å². The van der Waals surface area contributed by atoms with Gasteiger partial charge in [-0.15, -0.1) is 11.3 Å². The number of hydrogen-bond donors (Lipinski definition) is 2. The Morgan fingerprint density at radius 2 is 1.61 bits per heavy atom. The zero-order valence-electron chi connectivity index (χ0n) is 28.6. The summed E-state index contributed by atoms with van der Waals surface area (Å²) < 4.78 is 74.1. The number of nitrogens with zero attached hydrogens (tertiary/aromatic N) is 3. The zero-order chi connectivity index (χ0) is 35.8. The molecule has 2 aromatic heterocycles. The largest absolute Gasteiger partial charge is 0.497 e. The average molecular weight is 769 g/mol. The average Bonchev–Trinajstić information content (AvgIpc) is 3.76. The highest BCUT2D eigenvalue weighted by atomic mass is 32.2. The van der Waals surface area contributed by atoms with Crippen molar-refractivity contribution in [3.63, 3.8) is 0 Å². The van der Waals surface area contributed by atoms with Gasteiger partial charge in [-0.05, 0) is 79.8 Å². The number of anilines is 1. The van der Waals surface area contributed by atoms with Crippen LogP contribution in [0, 0.1) is 0 Å². The van der Waals surface area contributed by atoms with Gasteiger partial charge in [-0.25, -0.2) is 0 Å². The molecule has 0 spiro atoms. The molecule has 268 valence electrons. The van der Waals surface area contributed by atoms with Gasteiger partial charge in [0.15, 0.2) is 6.54 Å². The van der Waals surface area contributed by atoms with Crippen LogP contribution in [-0.4, -0.2) is 75.6 Å². The van der Waals surface area contributed by atoms with E-state index in [1.54, 1.807) is 41.5 Å². The van der Waals surface area contributed by atoms with Crippen molar-refractivity contribution in [3.8, 4) is 5.75 Å². The van der Waals surface area contributed by atoms with Crippen LogP contribution in [-0.2, 0) is 26.8 Å². The summed E-state index contributed by atoms with van der Waals surface area (Å²) in [6, 6.07) is 12.1. The van der Waals surface area contributed by atoms with Crippen molar-refractivity contribution in [2.75, 3.05) is 49.7 Å². The standard InChI is InChI=1S/C28H30N2O7S5.C6H15N/c1-3-19(16-26-29(11-4-14-41(31,32)33)22-18-20(37-2)6-7-24(22)39-26)17-27-30(12-5-15-42(34,35)36)28-21-10-13-38-23(21)8-9-25(28)40-27;1-4-7(5-2)6-3/h6-10,13,16-18H,3-5,11-12,14-15H2,1-2H3,(H-,31,32,33,34,35,36);4-6H2,1-3H3/p+1. The Kier molecular flexibility index (Phi) is 14.1. The minimum atomic E-state index is -4.08. The number of thioether (sulfide) groups is 1. The molecule has 4 aromatic rings. The number of fused-ring (bicyclic) bond motifs is 4. The lowest BCUT2D eigenvalue weighted by molar-refractivity contribution is -0.667. The Morgan fingerprint density at radius 3 is 2.22 bits per heavy atom. The molecule has 1 aliphatic heterocycles. The van der Waals surface area contributed by atoms with Crippen LogP contribution < -0.4 is 14.2 Å². The van der Waals surface area contributed by atoms with E-state index in [0.717, 1.165) is 52.9 Å². The maximum atomic E-state index is 11.5. The monoisotopic (exact) mass is 768 g/mol. The third kappa shape index (κ3) is 10.7. The van der Waals surface area contributed by atoms with Crippen LogP contribution in [0.5, 0.6) is 5.75 Å². The maximum Gasteiger partial charge on any atom is 0.265 e. The minimum Gasteiger partial charge on any atom is -0.497 e. The summed E-state index contributed by atoms with van der Waals surface area (Å²) in [5.74, 6) is 0.0407. The van der Waals surface area contributed by atoms with E-state index in [4.69, 9.17) is 4.74 Å². The summed E-state index contributed by atoms with van der Waals surface area (Å²) in [6.07, 6.45) is 5.45. The van der Waals surface area contributed by atoms with Crippen molar-refractivity contribution in [1.82, 2.24) is 4.90 Å². The molecular formula is C34H46N3O7S5+. The zero-order valence-corrected chi connectivity index (χ0v) is 32.7. The maximum absolute atomic E-state index is 11.5. The fourth-order valence-electron chi connectivity index (χ4n) is 5.57. The molecule has 10 nitrogen and oxygen atoms in total. The lowest BCUT2D eigenvalue weighted by Crippen LogP contribution is -2.36. The van der Waals surface area contributed by atoms with E-state index in [-0.39, 0.29) is 24.3 Å². The van der Waals surface area contributed by atoms with E-state index in [1.807, 2.05) is 23.6 Å². The minimum absolute atomic E-state index is 0.249. The van der Waals surface area contributed by atoms with Crippen LogP contribution in [0.1, 0.15) is 52.0 Å². The van der Waals surface area contributed by atoms with Gasteiger partial charge in [0.1, 0.15) is 10.4 Å². The van der Waals surface area contributed by atoms with Gasteiger partial charge in [0, 0.05) is 34.7 Å². The quantitative estimate of drug-likeness (QED) is 0.0924. The Hall–Kier alpha value is -2.50. The number of aromatic nitrogens is 1. The van der Waals surface area contributed by atoms with E-state index < -0.39 is 20.2 Å². The van der Waals surface area contributed by atoms with Crippen LogP contribution in [0.4, 0.5) is 5.69 Å². The van der Waals surface area contributed by atoms with Crippen molar-refractivity contribution in [1.29, 1.82) is 0 Å². The molecule has 49 heavy (non-hydrogen) atoms. The lowest BCUT2D eigenvalue weighted by atomic mass is 10.1. The van der Waals surface area contributed by atoms with E-state index >= 15 is 0 Å². The number of rotatable bonds is 15. The third-order valence-corrected chi connectivity index (χ3v) is 12.9. The summed E-state index contributed by atoms with van der Waals surface area (Å²) in [5.41, 5.74) is 3.00. The number of methoxy groups -OCH3 is 1. The first-order chi connectivity index (χ1) is 23.3. The number of aryl methyl sites for hydroxylation is 1. The van der Waals surface area contributed by atoms with Gasteiger partial charge in [0.2, 0.25) is 5.52 Å². The Morgan fingerprint density at radius 1 is 0.939 bits per heavy atom. The molecule has 3 heterocycles. The predicted molar refractivity (Wildman–Crippen MR) is 205 cm³/mol. The lowest BCUT2D eigenvalue weighted by Gasteiger charge is -2.21. The molecule has 2 N–H and O–H groups in total. The smallest absolute Gasteiger partial charge is 0.265 e. The van der Waals surface area contributed by atoms with Gasteiger partial charge >= 0.3 is 0 Å². The fraction of sp³-hybridized carbons (Fsp3) is 0.441. The van der Waals surface area contributed by atoms with Crippen LogP contribution in [0.2, 0.25) is 0 Å². The van der Waals surface area contributed by atoms with Gasteiger partial charge in [-0.2, -0.15) is 21.4 Å². The number of thiazole rings is 1. The van der Waals surface area contributed by atoms with E-state index in [2.05, 4.69) is 72.4 Å². The first-order valence-electron chi connectivity index (χ1n) is 16.3. The van der Waals surface area contributed by atoms with Crippen molar-refractivity contribution >= 4 is 86.7 Å². The molecule has 0 fully saturated rings. The number of allylic oxidation sites excluding steroid dienone is 2. The van der Waals surface area contributed by atoms with Crippen molar-refractivity contribution in [3.05, 3.63) is 63.5 Å². The molecule has 2 aromatic carbocycles. The first kappa shape index (κ1) is 39.3. The molecule has 0 saturated heterocycles. The van der Waals surface area contributed by atoms with Gasteiger partial charge < -0.3 is 14.5 Å². The number of thiophene rings is 1. The molecule has 0 aliphatic carbocycles. The molecule has 5 rings (SSSR count). The molecule has 0 unspecified atom stereocenters. The summed E-state index contributed by atoms with van der Waals surface area (Å²) >= 11 is 4.87. The number of benzene rings is 2. The summed E-state index contributed by atoms with van der Waals surface area (Å²) in [6.45, 7) is 13.0. The SMILES string of the molecule is CCC(/C=C1\Sc2ccc(OC)cc2N1CCCS(=O)(=O)O)=C\c1sc2ccc3sccc3c2[n+]1CCCS(=O)(=O)O.CCN(CC)CC. The number of hydrogen-bond acceptors (Lipinski definition) is 10. The second kappa shape index (κ2) is 17.6. The van der Waals surface area contributed by atoms with Gasteiger partial charge in [-0.3, -0.25) is 9.11 Å². The second-order valence-electron chi connectivity index (χ2n) is 11.4. The molecule has 0 radical (unpaired) electrons. The second-order valence-corrected chi connectivity index (χ2v) is 17.6. The predicted octanol–water partition coefficient (Wildman–Crippen LogP) is 7.56. The molecule has 0 bridgehead atoms. The normalized spacial score (nSPS) is 14.6. The molecule has 0 amide bonds. The Balaban J connectivity index is 0.000000698. The molecule has 0 atom stereocenters. The van der Waals surface area contributed by atoms with Crippen LogP contribution >= 0.6 is 34.4 Å². The summed E-state index contributed by atoms with van der Waals surface area (Å²) in [7, 11) is -6.56. The van der Waals surface area contributed by atoms with Crippen LogP contribution in [0.15, 0.2) is 63.4 Å². The van der Waals surface area contributed by atoms with Crippen molar-refractivity contribution < 1.29 is 35.2 Å². The summed E-state index contributed by atoms with van der Waals surface area (Å²) in [4.78, 5) is 5.45. The highest BCUT2D eigenvalue weighted by Gasteiger charge is 2.27. The third-order valence-electron chi connectivity index (χ3n) is 8.19. The van der Waals surface area contributed by atoms with Gasteiger partial charge in [-0.1, -0.05) is 50.8 Å². The van der Waals surface area contributed by atoms with Gasteiger partial charge in [0.05, 0.1) is 34.7 Å². The van der Waals surface area contributed by atoms with Gasteiger partial charge in [0.25, 0.3) is 25.2 Å². The van der Waals surface area contributed by atoms with E-state index in [9.17, 15) is 25.9 Å².